The van der Waals surface area contributed by atoms with Gasteiger partial charge in [0, 0.05) is 18.1 Å². The lowest BCUT2D eigenvalue weighted by Gasteiger charge is -2.40. The van der Waals surface area contributed by atoms with Crippen molar-refractivity contribution in [3.8, 4) is 0 Å². The Bertz CT molecular complexity index is 216. The maximum atomic E-state index is 9.54. The van der Waals surface area contributed by atoms with Crippen LogP contribution in [0.25, 0.3) is 0 Å². The molecule has 0 spiro atoms. The Morgan fingerprint density at radius 2 is 1.59 bits per heavy atom. The van der Waals surface area contributed by atoms with Gasteiger partial charge in [0.1, 0.15) is 0 Å². The first-order valence-electron chi connectivity index (χ1n) is 7.33. The fourth-order valence-corrected chi connectivity index (χ4v) is 3.33. The van der Waals surface area contributed by atoms with Crippen LogP contribution in [0.3, 0.4) is 0 Å². The third-order valence-electron chi connectivity index (χ3n) is 4.28. The van der Waals surface area contributed by atoms with E-state index in [4.69, 9.17) is 0 Å². The van der Waals surface area contributed by atoms with E-state index in [-0.39, 0.29) is 6.10 Å². The molecule has 0 aromatic heterocycles. The molecule has 0 amide bonds. The van der Waals surface area contributed by atoms with Gasteiger partial charge in [-0.1, -0.05) is 13.8 Å². The predicted octanol–water partition coefficient (Wildman–Crippen LogP) is 1.75. The minimum atomic E-state index is -0.0219. The van der Waals surface area contributed by atoms with Gasteiger partial charge in [-0.2, -0.15) is 0 Å². The van der Waals surface area contributed by atoms with Crippen molar-refractivity contribution >= 4 is 0 Å². The molecule has 1 saturated carbocycles. The van der Waals surface area contributed by atoms with Crippen molar-refractivity contribution in [1.29, 1.82) is 0 Å². The second kappa shape index (κ2) is 6.17. The van der Waals surface area contributed by atoms with Gasteiger partial charge in [0.2, 0.25) is 0 Å². The van der Waals surface area contributed by atoms with Crippen molar-refractivity contribution < 1.29 is 5.11 Å². The molecule has 2 fully saturated rings. The Balaban J connectivity index is 1.71. The van der Waals surface area contributed by atoms with Crippen molar-refractivity contribution in [3.05, 3.63) is 0 Å². The highest BCUT2D eigenvalue weighted by Crippen LogP contribution is 2.25. The van der Waals surface area contributed by atoms with Crippen molar-refractivity contribution in [1.82, 2.24) is 10.2 Å². The Kier molecular flexibility index (Phi) is 4.83. The second-order valence-electron chi connectivity index (χ2n) is 6.09. The molecule has 3 nitrogen and oxygen atoms in total. The van der Waals surface area contributed by atoms with Gasteiger partial charge in [-0.3, -0.25) is 0 Å². The van der Waals surface area contributed by atoms with Gasteiger partial charge in [-0.15, -0.1) is 0 Å². The van der Waals surface area contributed by atoms with E-state index in [0.29, 0.717) is 6.04 Å². The number of nitrogens with one attached hydrogen (secondary N) is 1. The number of nitrogens with zero attached hydrogens (tertiary/aromatic N) is 1. The minimum Gasteiger partial charge on any atom is -0.393 e. The zero-order valence-corrected chi connectivity index (χ0v) is 11.4. The van der Waals surface area contributed by atoms with Crippen molar-refractivity contribution in [2.75, 3.05) is 13.1 Å². The van der Waals surface area contributed by atoms with E-state index in [0.717, 1.165) is 24.9 Å². The van der Waals surface area contributed by atoms with Gasteiger partial charge < -0.3 is 15.3 Å². The van der Waals surface area contributed by atoms with Crippen LogP contribution in [0.5, 0.6) is 0 Å². The van der Waals surface area contributed by atoms with E-state index in [2.05, 4.69) is 24.1 Å². The summed E-state index contributed by atoms with van der Waals surface area (Å²) in [5.74, 6) is 0. The standard InChI is InChI=1S/C14H28N2O/c1-11(2)15-12-7-9-16(10-8-12)13-3-5-14(17)6-4-13/h11-15,17H,3-10H2,1-2H3. The smallest absolute Gasteiger partial charge is 0.0541 e. The number of likely N-dealkylation sites (tertiary alicyclic amines) is 1. The summed E-state index contributed by atoms with van der Waals surface area (Å²) in [7, 11) is 0. The normalized spacial score (nSPS) is 33.2. The molecule has 1 heterocycles. The first-order valence-corrected chi connectivity index (χ1v) is 7.33. The molecule has 1 aliphatic carbocycles. The monoisotopic (exact) mass is 240 g/mol. The number of aliphatic hydroxyl groups is 1. The number of piperidine rings is 1. The van der Waals surface area contributed by atoms with Gasteiger partial charge in [-0.05, 0) is 51.6 Å². The van der Waals surface area contributed by atoms with Crippen molar-refractivity contribution in [2.24, 2.45) is 0 Å². The van der Waals surface area contributed by atoms with Gasteiger partial charge in [0.05, 0.1) is 6.10 Å². The maximum Gasteiger partial charge on any atom is 0.0541 e. The summed E-state index contributed by atoms with van der Waals surface area (Å²) in [5, 5.41) is 13.2. The molecular weight excluding hydrogens is 212 g/mol. The first-order chi connectivity index (χ1) is 8.15. The summed E-state index contributed by atoms with van der Waals surface area (Å²) in [6.45, 7) is 6.94. The lowest BCUT2D eigenvalue weighted by Crippen LogP contribution is -2.49. The van der Waals surface area contributed by atoms with Gasteiger partial charge >= 0.3 is 0 Å². The van der Waals surface area contributed by atoms with Crippen LogP contribution in [0.4, 0.5) is 0 Å². The molecule has 0 unspecified atom stereocenters. The predicted molar refractivity (Wildman–Crippen MR) is 71.1 cm³/mol. The third kappa shape index (κ3) is 3.94. The highest BCUT2D eigenvalue weighted by atomic mass is 16.3. The van der Waals surface area contributed by atoms with E-state index in [9.17, 15) is 5.11 Å². The topological polar surface area (TPSA) is 35.5 Å². The third-order valence-corrected chi connectivity index (χ3v) is 4.28. The minimum absolute atomic E-state index is 0.0219. The maximum absolute atomic E-state index is 9.54. The first kappa shape index (κ1) is 13.3. The van der Waals surface area contributed by atoms with Crippen LogP contribution in [0.2, 0.25) is 0 Å². The number of aliphatic hydroxyl groups excluding tert-OH is 1. The summed E-state index contributed by atoms with van der Waals surface area (Å²) in [6, 6.07) is 2.08. The van der Waals surface area contributed by atoms with Crippen LogP contribution >= 0.6 is 0 Å². The van der Waals surface area contributed by atoms with Gasteiger partial charge in [0.15, 0.2) is 0 Å². The highest BCUT2D eigenvalue weighted by Gasteiger charge is 2.28. The summed E-state index contributed by atoms with van der Waals surface area (Å²) >= 11 is 0. The number of rotatable bonds is 3. The average Bonchev–Trinajstić information content (AvgIpc) is 2.30. The molecule has 2 rings (SSSR count). The fourth-order valence-electron chi connectivity index (χ4n) is 3.33. The summed E-state index contributed by atoms with van der Waals surface area (Å²) < 4.78 is 0. The van der Waals surface area contributed by atoms with Crippen LogP contribution < -0.4 is 5.32 Å². The van der Waals surface area contributed by atoms with Crippen LogP contribution in [-0.2, 0) is 0 Å². The molecule has 100 valence electrons. The Labute approximate surface area is 106 Å². The zero-order chi connectivity index (χ0) is 12.3. The molecule has 0 radical (unpaired) electrons. The SMILES string of the molecule is CC(C)NC1CCN(C2CCC(O)CC2)CC1. The van der Waals surface area contributed by atoms with Crippen LogP contribution in [-0.4, -0.2) is 47.3 Å². The Morgan fingerprint density at radius 3 is 2.12 bits per heavy atom. The lowest BCUT2D eigenvalue weighted by atomic mass is 9.90. The highest BCUT2D eigenvalue weighted by molar-refractivity contribution is 4.85. The Morgan fingerprint density at radius 1 is 1.00 bits per heavy atom. The molecule has 2 N–H and O–H groups in total. The lowest BCUT2D eigenvalue weighted by molar-refractivity contribution is 0.0592. The summed E-state index contributed by atoms with van der Waals surface area (Å²) in [4.78, 5) is 2.66. The molecule has 0 aromatic rings. The molecule has 2 aliphatic rings. The van der Waals surface area contributed by atoms with Crippen LogP contribution in [0, 0.1) is 0 Å². The summed E-state index contributed by atoms with van der Waals surface area (Å²) in [5.41, 5.74) is 0. The van der Waals surface area contributed by atoms with E-state index in [1.165, 1.54) is 38.8 Å². The molecule has 17 heavy (non-hydrogen) atoms. The van der Waals surface area contributed by atoms with Gasteiger partial charge in [-0.25, -0.2) is 0 Å². The molecule has 3 heteroatoms. The van der Waals surface area contributed by atoms with E-state index in [1.807, 2.05) is 0 Å². The Hall–Kier alpha value is -0.120. The fraction of sp³-hybridized carbons (Fsp3) is 1.00. The molecule has 1 aliphatic heterocycles. The van der Waals surface area contributed by atoms with Crippen molar-refractivity contribution in [2.45, 2.75) is 76.6 Å². The van der Waals surface area contributed by atoms with Crippen LogP contribution in [0.15, 0.2) is 0 Å². The summed E-state index contributed by atoms with van der Waals surface area (Å²) in [6.07, 6.45) is 6.97. The molecular formula is C14H28N2O. The number of hydrogen-bond acceptors (Lipinski definition) is 3. The number of hydrogen-bond donors (Lipinski definition) is 2. The zero-order valence-electron chi connectivity index (χ0n) is 11.4. The average molecular weight is 240 g/mol. The largest absolute Gasteiger partial charge is 0.393 e. The van der Waals surface area contributed by atoms with E-state index in [1.54, 1.807) is 0 Å². The van der Waals surface area contributed by atoms with Crippen molar-refractivity contribution in [3.63, 3.8) is 0 Å². The molecule has 0 bridgehead atoms. The van der Waals surface area contributed by atoms with Gasteiger partial charge in [0.25, 0.3) is 0 Å². The second-order valence-corrected chi connectivity index (χ2v) is 6.09. The quantitative estimate of drug-likeness (QED) is 0.789. The molecule has 0 atom stereocenters. The molecule has 1 saturated heterocycles. The molecule has 0 aromatic carbocycles. The van der Waals surface area contributed by atoms with E-state index < -0.39 is 0 Å². The van der Waals surface area contributed by atoms with E-state index >= 15 is 0 Å². The van der Waals surface area contributed by atoms with Crippen LogP contribution in [0.1, 0.15) is 52.4 Å².